The number of rotatable bonds is 2. The zero-order valence-electron chi connectivity index (χ0n) is 11.7. The zero-order chi connectivity index (χ0) is 13.2. The van der Waals surface area contributed by atoms with E-state index in [1.807, 2.05) is 6.20 Å². The highest BCUT2D eigenvalue weighted by atomic mass is 15.0. The summed E-state index contributed by atoms with van der Waals surface area (Å²) in [5.74, 6) is 0.922. The predicted octanol–water partition coefficient (Wildman–Crippen LogP) is 3.20. The zero-order valence-corrected chi connectivity index (χ0v) is 10.7. The maximum Gasteiger partial charge on any atom is 0.123 e. The monoisotopic (exact) mass is 242 g/mol. The van der Waals surface area contributed by atoms with Crippen molar-refractivity contribution in [1.82, 2.24) is 15.3 Å². The number of aryl methyl sites for hydroxylation is 1. The highest BCUT2D eigenvalue weighted by Gasteiger charge is 2.17. The Morgan fingerprint density at radius 1 is 1.28 bits per heavy atom. The van der Waals surface area contributed by atoms with Gasteiger partial charge < -0.3 is 10.3 Å². The van der Waals surface area contributed by atoms with Crippen LogP contribution in [0, 0.1) is 6.92 Å². The molecule has 94 valence electrons. The van der Waals surface area contributed by atoms with Gasteiger partial charge in [-0.3, -0.25) is 0 Å². The van der Waals surface area contributed by atoms with Crippen molar-refractivity contribution in [3.8, 4) is 11.3 Å². The molecule has 1 fully saturated rings. The molecule has 1 saturated heterocycles. The second-order valence-corrected chi connectivity index (χ2v) is 4.97. The Morgan fingerprint density at radius 2 is 2.11 bits per heavy atom. The van der Waals surface area contributed by atoms with E-state index >= 15 is 0 Å². The van der Waals surface area contributed by atoms with E-state index in [4.69, 9.17) is 1.41 Å². The van der Waals surface area contributed by atoms with Gasteiger partial charge in [0.05, 0.1) is 17.9 Å². The molecule has 3 heteroatoms. The fourth-order valence-electron chi connectivity index (χ4n) is 2.40. The molecule has 2 N–H and O–H groups in total. The number of nitrogens with one attached hydrogen (secondary N) is 2. The summed E-state index contributed by atoms with van der Waals surface area (Å²) in [6.45, 7) is 2.92. The molecule has 2 aromatic rings. The van der Waals surface area contributed by atoms with Gasteiger partial charge in [0.25, 0.3) is 0 Å². The van der Waals surface area contributed by atoms with Crippen molar-refractivity contribution in [2.45, 2.75) is 32.2 Å². The third-order valence-electron chi connectivity index (χ3n) is 3.51. The van der Waals surface area contributed by atoms with E-state index in [1.165, 1.54) is 12.0 Å². The van der Waals surface area contributed by atoms with Crippen LogP contribution in [0.15, 0.2) is 30.5 Å². The Balaban J connectivity index is 1.84. The predicted molar refractivity (Wildman–Crippen MR) is 73.4 cm³/mol. The second kappa shape index (κ2) is 4.94. The number of hydrogen-bond acceptors (Lipinski definition) is 2. The van der Waals surface area contributed by atoms with Gasteiger partial charge in [0, 0.05) is 0 Å². The number of nitrogens with zero attached hydrogens (tertiary/aromatic N) is 1. The lowest BCUT2D eigenvalue weighted by atomic mass is 10.0. The van der Waals surface area contributed by atoms with Crippen LogP contribution in [0.25, 0.3) is 11.3 Å². The third-order valence-corrected chi connectivity index (χ3v) is 3.51. The van der Waals surface area contributed by atoms with Crippen molar-refractivity contribution in [3.63, 3.8) is 0 Å². The minimum Gasteiger partial charge on any atom is -0.341 e. The van der Waals surface area contributed by atoms with Crippen LogP contribution in [0.3, 0.4) is 0 Å². The molecule has 0 aliphatic carbocycles. The largest absolute Gasteiger partial charge is 0.341 e. The molecule has 3 nitrogen and oxygen atoms in total. The number of H-pyrrole nitrogens is 1. The summed E-state index contributed by atoms with van der Waals surface area (Å²) in [6.07, 6.45) is 5.19. The average Bonchev–Trinajstić information content (AvgIpc) is 2.89. The van der Waals surface area contributed by atoms with E-state index < -0.39 is 0 Å². The molecule has 2 heterocycles. The van der Waals surface area contributed by atoms with Crippen molar-refractivity contribution in [1.29, 1.82) is 0 Å². The molecule has 1 aliphatic heterocycles. The van der Waals surface area contributed by atoms with Crippen LogP contribution < -0.4 is 5.31 Å². The Bertz CT molecular complexity index is 547. The molecule has 0 unspecified atom stereocenters. The summed E-state index contributed by atoms with van der Waals surface area (Å²) in [5, 5.41) is 1.65. The van der Waals surface area contributed by atoms with Gasteiger partial charge in [-0.2, -0.15) is 0 Å². The van der Waals surface area contributed by atoms with Crippen molar-refractivity contribution in [2.24, 2.45) is 0 Å². The average molecular weight is 242 g/mol. The summed E-state index contributed by atoms with van der Waals surface area (Å²) in [5.41, 5.74) is 3.44. The van der Waals surface area contributed by atoms with Gasteiger partial charge in [-0.25, -0.2) is 4.98 Å². The molecule has 0 spiro atoms. The van der Waals surface area contributed by atoms with Crippen LogP contribution in [0.2, 0.25) is 1.41 Å². The standard InChI is InChI=1S/C15H19N3/c1-11-5-7-12(8-6-11)14-10-17-15(18-14)13-4-2-3-9-16-13/h5-8,10,13,16H,2-4,9H2,1H3,(H,17,18)/t13-/m0/s1/i/hD. The lowest BCUT2D eigenvalue weighted by molar-refractivity contribution is 0.399. The van der Waals surface area contributed by atoms with Crippen molar-refractivity contribution in [3.05, 3.63) is 41.9 Å². The summed E-state index contributed by atoms with van der Waals surface area (Å²) in [7, 11) is 0. The van der Waals surface area contributed by atoms with Gasteiger partial charge in [-0.05, 0) is 31.9 Å². The van der Waals surface area contributed by atoms with E-state index in [2.05, 4.69) is 41.2 Å². The van der Waals surface area contributed by atoms with Gasteiger partial charge >= 0.3 is 0 Å². The summed E-state index contributed by atoms with van der Waals surface area (Å²) >= 11 is 0. The Kier molecular flexibility index (Phi) is 2.84. The molecule has 0 amide bonds. The molecule has 18 heavy (non-hydrogen) atoms. The molecule has 1 aliphatic rings. The first-order chi connectivity index (χ1) is 9.24. The van der Waals surface area contributed by atoms with Crippen molar-refractivity contribution in [2.75, 3.05) is 6.54 Å². The van der Waals surface area contributed by atoms with Gasteiger partial charge in [0.1, 0.15) is 7.24 Å². The van der Waals surface area contributed by atoms with E-state index in [9.17, 15) is 0 Å². The van der Waals surface area contributed by atoms with Gasteiger partial charge in [-0.1, -0.05) is 36.2 Å². The smallest absolute Gasteiger partial charge is 0.123 e. The first kappa shape index (κ1) is 10.3. The summed E-state index contributed by atoms with van der Waals surface area (Å²) in [6, 6.07) is 8.53. The third kappa shape index (κ3) is 2.31. The van der Waals surface area contributed by atoms with Gasteiger partial charge in [0.15, 0.2) is 0 Å². The van der Waals surface area contributed by atoms with Gasteiger partial charge in [-0.15, -0.1) is 0 Å². The van der Waals surface area contributed by atoms with E-state index in [0.29, 0.717) is 0 Å². The minimum absolute atomic E-state index is 0.118. The topological polar surface area (TPSA) is 40.7 Å². The van der Waals surface area contributed by atoms with Crippen molar-refractivity contribution >= 4 is 0 Å². The maximum absolute atomic E-state index is 7.98. The molecule has 0 radical (unpaired) electrons. The molecule has 0 bridgehead atoms. The fourth-order valence-corrected chi connectivity index (χ4v) is 2.40. The lowest BCUT2D eigenvalue weighted by Gasteiger charge is -2.21. The lowest BCUT2D eigenvalue weighted by Crippen LogP contribution is -2.27. The Labute approximate surface area is 109 Å². The quantitative estimate of drug-likeness (QED) is 0.849. The Hall–Kier alpha value is -1.61. The van der Waals surface area contributed by atoms with Crippen LogP contribution in [-0.4, -0.2) is 16.5 Å². The fraction of sp³-hybridized carbons (Fsp3) is 0.400. The molecule has 1 atom stereocenters. The van der Waals surface area contributed by atoms with Gasteiger partial charge in [0.2, 0.25) is 0 Å². The molecule has 0 saturated carbocycles. The number of benzene rings is 1. The second-order valence-electron chi connectivity index (χ2n) is 4.97. The van der Waals surface area contributed by atoms with Crippen molar-refractivity contribution < 1.29 is 1.41 Å². The van der Waals surface area contributed by atoms with Crippen LogP contribution >= 0.6 is 0 Å². The van der Waals surface area contributed by atoms with Crippen LogP contribution in [0.4, 0.5) is 0 Å². The van der Waals surface area contributed by atoms with E-state index in [-0.39, 0.29) is 6.04 Å². The van der Waals surface area contributed by atoms with E-state index in [0.717, 1.165) is 36.5 Å². The van der Waals surface area contributed by atoms with E-state index in [1.54, 1.807) is 5.31 Å². The van der Waals surface area contributed by atoms with Crippen LogP contribution in [0.5, 0.6) is 0 Å². The number of aromatic nitrogens is 2. The molecular formula is C15H19N3. The highest BCUT2D eigenvalue weighted by Crippen LogP contribution is 2.24. The normalized spacial score (nSPS) is 21.8. The van der Waals surface area contributed by atoms with Crippen LogP contribution in [0.1, 0.15) is 36.7 Å². The SMILES string of the molecule is [2H]N1CCCC[C@H]1c1ncc(-c2ccc(C)cc2)[nH]1. The molecule has 3 rings (SSSR count). The van der Waals surface area contributed by atoms with Crippen LogP contribution in [-0.2, 0) is 0 Å². The first-order valence-corrected chi connectivity index (χ1v) is 6.61. The molecule has 1 aromatic heterocycles. The number of imidazole rings is 1. The number of piperidine rings is 1. The summed E-state index contributed by atoms with van der Waals surface area (Å²) < 4.78 is 7.98. The molecule has 1 aromatic carbocycles. The first-order valence-electron chi connectivity index (χ1n) is 7.06. The number of aromatic amines is 1. The highest BCUT2D eigenvalue weighted by molar-refractivity contribution is 5.58. The molecular weight excluding hydrogens is 222 g/mol. The maximum atomic E-state index is 7.98. The minimum atomic E-state index is 0.118. The summed E-state index contributed by atoms with van der Waals surface area (Å²) in [4.78, 5) is 7.85. The Morgan fingerprint density at radius 3 is 2.89 bits per heavy atom. The number of hydrogen-bond donors (Lipinski definition) is 2.